The molecule has 1 saturated carbocycles. The van der Waals surface area contributed by atoms with Crippen molar-refractivity contribution in [3.05, 3.63) is 34.9 Å². The molecule has 4 nitrogen and oxygen atoms in total. The van der Waals surface area contributed by atoms with Crippen molar-refractivity contribution in [1.29, 1.82) is 0 Å². The first-order valence-electron chi connectivity index (χ1n) is 7.21. The van der Waals surface area contributed by atoms with E-state index in [2.05, 4.69) is 0 Å². The summed E-state index contributed by atoms with van der Waals surface area (Å²) in [6, 6.07) is 7.47. The van der Waals surface area contributed by atoms with Gasteiger partial charge in [-0.1, -0.05) is 43.0 Å². The van der Waals surface area contributed by atoms with Crippen molar-refractivity contribution in [2.75, 3.05) is 12.4 Å². The topological polar surface area (TPSA) is 69.4 Å². The minimum Gasteiger partial charge on any atom is -0.376 e. The quantitative estimate of drug-likeness (QED) is 0.870. The van der Waals surface area contributed by atoms with Crippen LogP contribution < -0.4 is 5.14 Å². The minimum absolute atomic E-state index is 0.0145. The molecule has 1 aromatic carbocycles. The molecule has 1 fully saturated rings. The fourth-order valence-corrected chi connectivity index (χ4v) is 4.38. The van der Waals surface area contributed by atoms with Crippen molar-refractivity contribution in [1.82, 2.24) is 0 Å². The second kappa shape index (κ2) is 7.09. The fourth-order valence-electron chi connectivity index (χ4n) is 3.02. The molecule has 2 rings (SSSR count). The normalized spacial score (nSPS) is 18.6. The Balaban J connectivity index is 1.94. The molecule has 0 radical (unpaired) electrons. The van der Waals surface area contributed by atoms with Gasteiger partial charge < -0.3 is 4.74 Å². The molecule has 1 aliphatic carbocycles. The third-order valence-electron chi connectivity index (χ3n) is 4.01. The summed E-state index contributed by atoms with van der Waals surface area (Å²) in [6.07, 6.45) is 4.97. The number of nitrogens with two attached hydrogens (primary N) is 1. The van der Waals surface area contributed by atoms with Crippen LogP contribution in [0.1, 0.15) is 37.7 Å². The monoisotopic (exact) mass is 331 g/mol. The van der Waals surface area contributed by atoms with Gasteiger partial charge in [0.05, 0.1) is 19.0 Å². The zero-order valence-corrected chi connectivity index (χ0v) is 13.6. The number of sulfonamides is 1. The van der Waals surface area contributed by atoms with Crippen molar-refractivity contribution in [2.45, 2.75) is 38.7 Å². The van der Waals surface area contributed by atoms with Crippen LogP contribution in [-0.2, 0) is 21.4 Å². The smallest absolute Gasteiger partial charge is 0.209 e. The Bertz CT molecular complexity index is 551. The molecule has 0 atom stereocenters. The predicted octanol–water partition coefficient (Wildman–Crippen LogP) is 3.10. The average molecular weight is 332 g/mol. The van der Waals surface area contributed by atoms with Crippen molar-refractivity contribution in [3.8, 4) is 0 Å². The maximum absolute atomic E-state index is 11.5. The molecule has 1 aromatic rings. The second-order valence-electron chi connectivity index (χ2n) is 5.99. The van der Waals surface area contributed by atoms with E-state index in [1.165, 1.54) is 0 Å². The largest absolute Gasteiger partial charge is 0.376 e. The first-order valence-corrected chi connectivity index (χ1v) is 9.31. The van der Waals surface area contributed by atoms with Gasteiger partial charge in [0.15, 0.2) is 0 Å². The Hall–Kier alpha value is -0.620. The van der Waals surface area contributed by atoms with Gasteiger partial charge in [0.1, 0.15) is 0 Å². The maximum atomic E-state index is 11.5. The molecule has 0 aliphatic heterocycles. The third kappa shape index (κ3) is 5.58. The van der Waals surface area contributed by atoms with E-state index in [1.54, 1.807) is 0 Å². The Morgan fingerprint density at radius 3 is 2.33 bits per heavy atom. The van der Waals surface area contributed by atoms with Crippen LogP contribution in [0, 0.1) is 5.41 Å². The summed E-state index contributed by atoms with van der Waals surface area (Å²) >= 11 is 5.84. The van der Waals surface area contributed by atoms with Crippen LogP contribution in [0.5, 0.6) is 0 Å². The Morgan fingerprint density at radius 2 is 1.76 bits per heavy atom. The van der Waals surface area contributed by atoms with E-state index in [4.69, 9.17) is 21.5 Å². The lowest BCUT2D eigenvalue weighted by atomic mass is 9.76. The molecular formula is C15H22ClNO3S. The van der Waals surface area contributed by atoms with Gasteiger partial charge in [-0.25, -0.2) is 13.6 Å². The number of hydrogen-bond acceptors (Lipinski definition) is 3. The van der Waals surface area contributed by atoms with E-state index in [1.807, 2.05) is 24.3 Å². The first kappa shape index (κ1) is 16.7. The van der Waals surface area contributed by atoms with Crippen LogP contribution >= 0.6 is 11.6 Å². The molecule has 0 bridgehead atoms. The predicted molar refractivity (Wildman–Crippen MR) is 84.6 cm³/mol. The molecule has 21 heavy (non-hydrogen) atoms. The molecule has 0 aromatic heterocycles. The molecule has 0 heterocycles. The van der Waals surface area contributed by atoms with Gasteiger partial charge in [-0.05, 0) is 30.5 Å². The molecular weight excluding hydrogens is 310 g/mol. The van der Waals surface area contributed by atoms with Gasteiger partial charge in [0.2, 0.25) is 10.0 Å². The van der Waals surface area contributed by atoms with E-state index in [0.29, 0.717) is 18.2 Å². The summed E-state index contributed by atoms with van der Waals surface area (Å²) < 4.78 is 28.8. The number of halogens is 1. The van der Waals surface area contributed by atoms with Gasteiger partial charge in [-0.2, -0.15) is 0 Å². The molecule has 0 spiro atoms. The summed E-state index contributed by atoms with van der Waals surface area (Å²) in [5, 5.41) is 5.94. The Labute approximate surface area is 131 Å². The van der Waals surface area contributed by atoms with Gasteiger partial charge in [0.25, 0.3) is 0 Å². The molecule has 0 unspecified atom stereocenters. The van der Waals surface area contributed by atoms with Gasteiger partial charge in [-0.15, -0.1) is 0 Å². The van der Waals surface area contributed by atoms with Crippen LogP contribution in [0.2, 0.25) is 5.02 Å². The van der Waals surface area contributed by atoms with Crippen LogP contribution in [0.15, 0.2) is 24.3 Å². The molecule has 6 heteroatoms. The third-order valence-corrected chi connectivity index (χ3v) is 5.28. The van der Waals surface area contributed by atoms with Gasteiger partial charge >= 0.3 is 0 Å². The average Bonchev–Trinajstić information content (AvgIpc) is 2.40. The summed E-state index contributed by atoms with van der Waals surface area (Å²) in [5.74, 6) is 0.0145. The van der Waals surface area contributed by atoms with E-state index in [-0.39, 0.29) is 11.2 Å². The van der Waals surface area contributed by atoms with E-state index in [0.717, 1.165) is 37.7 Å². The zero-order valence-electron chi connectivity index (χ0n) is 12.1. The minimum atomic E-state index is -3.48. The highest BCUT2D eigenvalue weighted by molar-refractivity contribution is 7.89. The summed E-state index contributed by atoms with van der Waals surface area (Å²) in [5.41, 5.74) is 0.707. The van der Waals surface area contributed by atoms with Gasteiger partial charge in [-0.3, -0.25) is 0 Å². The summed E-state index contributed by atoms with van der Waals surface area (Å²) in [4.78, 5) is 0. The molecule has 0 saturated heterocycles. The number of benzene rings is 1. The summed E-state index contributed by atoms with van der Waals surface area (Å²) in [7, 11) is -3.48. The highest BCUT2D eigenvalue weighted by atomic mass is 35.5. The standard InChI is InChI=1S/C15H22ClNO3S/c16-14-6-4-13(5-7-14)10-20-11-15(12-21(17,18)19)8-2-1-3-9-15/h4-7H,1-3,8-12H2,(H2,17,18,19). The molecule has 118 valence electrons. The van der Waals surface area contributed by atoms with Crippen LogP contribution in [0.3, 0.4) is 0 Å². The van der Waals surface area contributed by atoms with Crippen LogP contribution in [-0.4, -0.2) is 20.8 Å². The van der Waals surface area contributed by atoms with Crippen molar-refractivity contribution in [2.24, 2.45) is 10.6 Å². The van der Waals surface area contributed by atoms with E-state index < -0.39 is 10.0 Å². The van der Waals surface area contributed by atoms with E-state index >= 15 is 0 Å². The lowest BCUT2D eigenvalue weighted by Gasteiger charge is -2.36. The lowest BCUT2D eigenvalue weighted by molar-refractivity contribution is 0.0240. The maximum Gasteiger partial charge on any atom is 0.209 e. The van der Waals surface area contributed by atoms with Gasteiger partial charge in [0, 0.05) is 10.4 Å². The van der Waals surface area contributed by atoms with Crippen molar-refractivity contribution < 1.29 is 13.2 Å². The Kier molecular flexibility index (Phi) is 5.66. The number of primary sulfonamides is 1. The molecule has 0 amide bonds. The second-order valence-corrected chi connectivity index (χ2v) is 8.04. The highest BCUT2D eigenvalue weighted by Crippen LogP contribution is 2.37. The number of rotatable bonds is 6. The SMILES string of the molecule is NS(=O)(=O)CC1(COCc2ccc(Cl)cc2)CCCCC1. The molecule has 2 N–H and O–H groups in total. The van der Waals surface area contributed by atoms with Crippen LogP contribution in [0.4, 0.5) is 0 Å². The fraction of sp³-hybridized carbons (Fsp3) is 0.600. The lowest BCUT2D eigenvalue weighted by Crippen LogP contribution is -2.39. The van der Waals surface area contributed by atoms with Crippen molar-refractivity contribution >= 4 is 21.6 Å². The highest BCUT2D eigenvalue weighted by Gasteiger charge is 2.36. The summed E-state index contributed by atoms with van der Waals surface area (Å²) in [6.45, 7) is 0.898. The zero-order chi connectivity index (χ0) is 15.3. The van der Waals surface area contributed by atoms with Crippen LogP contribution in [0.25, 0.3) is 0 Å². The van der Waals surface area contributed by atoms with E-state index in [9.17, 15) is 8.42 Å². The number of hydrogen-bond donors (Lipinski definition) is 1. The molecule has 1 aliphatic rings. The Morgan fingerprint density at radius 1 is 1.14 bits per heavy atom. The van der Waals surface area contributed by atoms with Crippen molar-refractivity contribution in [3.63, 3.8) is 0 Å². The first-order chi connectivity index (χ1) is 9.89. The number of ether oxygens (including phenoxy) is 1.